The van der Waals surface area contributed by atoms with E-state index in [0.717, 1.165) is 50.8 Å². The normalized spacial score (nSPS) is 19.6. The fourth-order valence-corrected chi connectivity index (χ4v) is 2.98. The lowest BCUT2D eigenvalue weighted by atomic mass is 9.90. The zero-order chi connectivity index (χ0) is 15.1. The Morgan fingerprint density at radius 2 is 1.71 bits per heavy atom. The molecular formula is C14H17F3N4. The van der Waals surface area contributed by atoms with Gasteiger partial charge in [-0.25, -0.2) is 0 Å². The maximum atomic E-state index is 12.9. The average Bonchev–Trinajstić information content (AvgIpc) is 2.73. The highest BCUT2D eigenvalue weighted by atomic mass is 19.4. The zero-order valence-corrected chi connectivity index (χ0v) is 11.5. The highest BCUT2D eigenvalue weighted by Gasteiger charge is 2.35. The van der Waals surface area contributed by atoms with Crippen LogP contribution in [0.4, 0.5) is 13.2 Å². The molecule has 114 valence electrons. The lowest BCUT2D eigenvalue weighted by molar-refractivity contribution is -0.137. The molecule has 0 saturated heterocycles. The smallest absolute Gasteiger partial charge is 0.319 e. The van der Waals surface area contributed by atoms with Crippen molar-refractivity contribution in [2.45, 2.75) is 50.2 Å². The quantitative estimate of drug-likeness (QED) is 0.822. The molecule has 1 saturated carbocycles. The third-order valence-corrected chi connectivity index (χ3v) is 4.17. The van der Waals surface area contributed by atoms with Crippen LogP contribution in [0.15, 0.2) is 18.3 Å². The van der Waals surface area contributed by atoms with Crippen molar-refractivity contribution in [2.24, 2.45) is 5.73 Å². The topological polar surface area (TPSA) is 56.2 Å². The van der Waals surface area contributed by atoms with Gasteiger partial charge in [0.15, 0.2) is 11.5 Å². The Morgan fingerprint density at radius 3 is 2.33 bits per heavy atom. The van der Waals surface area contributed by atoms with E-state index >= 15 is 0 Å². The van der Waals surface area contributed by atoms with E-state index in [-0.39, 0.29) is 0 Å². The number of halogens is 3. The molecule has 2 aromatic heterocycles. The molecule has 1 aliphatic carbocycles. The number of nitrogens with zero attached hydrogens (tertiary/aromatic N) is 3. The summed E-state index contributed by atoms with van der Waals surface area (Å²) < 4.78 is 40.0. The molecule has 7 heteroatoms. The molecule has 2 N–H and O–H groups in total. The maximum absolute atomic E-state index is 12.9. The Morgan fingerprint density at radius 1 is 1.05 bits per heavy atom. The lowest BCUT2D eigenvalue weighted by Crippen LogP contribution is -2.38. The van der Waals surface area contributed by atoms with Crippen molar-refractivity contribution < 1.29 is 13.2 Å². The van der Waals surface area contributed by atoms with Crippen molar-refractivity contribution in [1.29, 1.82) is 0 Å². The molecule has 2 heterocycles. The first-order valence-electron chi connectivity index (χ1n) is 7.11. The molecular weight excluding hydrogens is 281 g/mol. The standard InChI is InChI=1S/C14H17F3N4/c15-14(16,17)10-5-6-11-19-20-12(21(11)9-10)13(18)7-3-1-2-4-8-13/h5-6,9H,1-4,7-8,18H2. The predicted octanol–water partition coefficient (Wildman–Crippen LogP) is 3.26. The lowest BCUT2D eigenvalue weighted by Gasteiger charge is -2.26. The second kappa shape index (κ2) is 4.98. The molecule has 0 radical (unpaired) electrons. The first-order valence-corrected chi connectivity index (χ1v) is 7.11. The maximum Gasteiger partial charge on any atom is 0.417 e. The number of hydrogen-bond acceptors (Lipinski definition) is 3. The van der Waals surface area contributed by atoms with Gasteiger partial charge in [0.2, 0.25) is 0 Å². The van der Waals surface area contributed by atoms with Crippen molar-refractivity contribution >= 4 is 5.65 Å². The molecule has 3 rings (SSSR count). The largest absolute Gasteiger partial charge is 0.417 e. The molecule has 4 nitrogen and oxygen atoms in total. The zero-order valence-electron chi connectivity index (χ0n) is 11.5. The van der Waals surface area contributed by atoms with Gasteiger partial charge in [-0.05, 0) is 25.0 Å². The highest BCUT2D eigenvalue weighted by Crippen LogP contribution is 2.34. The van der Waals surface area contributed by atoms with E-state index in [2.05, 4.69) is 10.2 Å². The monoisotopic (exact) mass is 298 g/mol. The molecule has 1 fully saturated rings. The van der Waals surface area contributed by atoms with Crippen molar-refractivity contribution in [1.82, 2.24) is 14.6 Å². The fraction of sp³-hybridized carbons (Fsp3) is 0.571. The van der Waals surface area contributed by atoms with Crippen LogP contribution >= 0.6 is 0 Å². The van der Waals surface area contributed by atoms with Gasteiger partial charge in [0.05, 0.1) is 11.1 Å². The Hall–Kier alpha value is -1.63. The van der Waals surface area contributed by atoms with Crippen LogP contribution in [0.2, 0.25) is 0 Å². The van der Waals surface area contributed by atoms with Crippen LogP contribution in [0.25, 0.3) is 5.65 Å². The number of nitrogens with two attached hydrogens (primary N) is 1. The summed E-state index contributed by atoms with van der Waals surface area (Å²) in [5, 5.41) is 8.03. The van der Waals surface area contributed by atoms with Crippen LogP contribution in [-0.4, -0.2) is 14.6 Å². The molecule has 1 aliphatic rings. The minimum atomic E-state index is -4.39. The van der Waals surface area contributed by atoms with Gasteiger partial charge in [-0.3, -0.25) is 4.40 Å². The van der Waals surface area contributed by atoms with Crippen LogP contribution in [0.3, 0.4) is 0 Å². The number of hydrogen-bond donors (Lipinski definition) is 1. The van der Waals surface area contributed by atoms with Gasteiger partial charge >= 0.3 is 6.18 Å². The number of alkyl halides is 3. The van der Waals surface area contributed by atoms with Gasteiger partial charge in [0.1, 0.15) is 0 Å². The summed E-state index contributed by atoms with van der Waals surface area (Å²) in [7, 11) is 0. The van der Waals surface area contributed by atoms with Crippen molar-refractivity contribution in [2.75, 3.05) is 0 Å². The molecule has 0 spiro atoms. The van der Waals surface area contributed by atoms with E-state index in [0.29, 0.717) is 11.5 Å². The van der Waals surface area contributed by atoms with Crippen LogP contribution in [0.5, 0.6) is 0 Å². The molecule has 0 atom stereocenters. The van der Waals surface area contributed by atoms with Gasteiger partial charge in [0.25, 0.3) is 0 Å². The van der Waals surface area contributed by atoms with Crippen LogP contribution < -0.4 is 5.73 Å². The minimum absolute atomic E-state index is 0.395. The number of rotatable bonds is 1. The molecule has 21 heavy (non-hydrogen) atoms. The average molecular weight is 298 g/mol. The summed E-state index contributed by atoms with van der Waals surface area (Å²) in [5.74, 6) is 0.436. The van der Waals surface area contributed by atoms with E-state index in [9.17, 15) is 13.2 Å². The first kappa shape index (κ1) is 14.3. The fourth-order valence-electron chi connectivity index (χ4n) is 2.98. The summed E-state index contributed by atoms with van der Waals surface area (Å²) in [6.45, 7) is 0. The summed E-state index contributed by atoms with van der Waals surface area (Å²) in [4.78, 5) is 0. The third kappa shape index (κ3) is 2.62. The van der Waals surface area contributed by atoms with E-state index < -0.39 is 17.3 Å². The SMILES string of the molecule is NC1(c2nnc3ccc(C(F)(F)F)cn23)CCCCCC1. The molecule has 0 unspecified atom stereocenters. The summed E-state index contributed by atoms with van der Waals surface area (Å²) in [6.07, 6.45) is 2.24. The predicted molar refractivity (Wildman–Crippen MR) is 71.6 cm³/mol. The second-order valence-corrected chi connectivity index (χ2v) is 5.74. The Balaban J connectivity index is 2.09. The molecule has 0 aromatic carbocycles. The first-order chi connectivity index (χ1) is 9.90. The second-order valence-electron chi connectivity index (χ2n) is 5.74. The molecule has 2 aromatic rings. The van der Waals surface area contributed by atoms with Gasteiger partial charge in [0, 0.05) is 6.20 Å². The number of pyridine rings is 1. The van der Waals surface area contributed by atoms with Gasteiger partial charge in [-0.15, -0.1) is 10.2 Å². The summed E-state index contributed by atoms with van der Waals surface area (Å²) >= 11 is 0. The van der Waals surface area contributed by atoms with Crippen LogP contribution in [-0.2, 0) is 11.7 Å². The van der Waals surface area contributed by atoms with Crippen molar-refractivity contribution in [3.8, 4) is 0 Å². The van der Waals surface area contributed by atoms with Crippen molar-refractivity contribution in [3.63, 3.8) is 0 Å². The Labute approximate surface area is 120 Å². The van der Waals surface area contributed by atoms with Crippen molar-refractivity contribution in [3.05, 3.63) is 29.7 Å². The van der Waals surface area contributed by atoms with Crippen LogP contribution in [0, 0.1) is 0 Å². The molecule has 0 bridgehead atoms. The molecule has 0 amide bonds. The highest BCUT2D eigenvalue weighted by molar-refractivity contribution is 5.41. The number of aromatic nitrogens is 3. The minimum Gasteiger partial charge on any atom is -0.319 e. The van der Waals surface area contributed by atoms with E-state index in [1.54, 1.807) is 0 Å². The Bertz CT molecular complexity index is 639. The number of fused-ring (bicyclic) bond motifs is 1. The van der Waals surface area contributed by atoms with E-state index in [1.165, 1.54) is 10.5 Å². The van der Waals surface area contributed by atoms with Crippen LogP contribution in [0.1, 0.15) is 49.9 Å². The Kier molecular flexibility index (Phi) is 3.39. The van der Waals surface area contributed by atoms with Gasteiger partial charge in [-0.1, -0.05) is 25.7 Å². The van der Waals surface area contributed by atoms with E-state index in [4.69, 9.17) is 5.73 Å². The van der Waals surface area contributed by atoms with Gasteiger partial charge in [-0.2, -0.15) is 13.2 Å². The summed E-state index contributed by atoms with van der Waals surface area (Å²) in [5.41, 5.74) is 5.43. The summed E-state index contributed by atoms with van der Waals surface area (Å²) in [6, 6.07) is 2.35. The van der Waals surface area contributed by atoms with E-state index in [1.807, 2.05) is 0 Å². The van der Waals surface area contributed by atoms with Gasteiger partial charge < -0.3 is 5.73 Å². The molecule has 0 aliphatic heterocycles. The third-order valence-electron chi connectivity index (χ3n) is 4.17.